The summed E-state index contributed by atoms with van der Waals surface area (Å²) in [6.45, 7) is 1.47. The predicted octanol–water partition coefficient (Wildman–Crippen LogP) is 4.21. The highest BCUT2D eigenvalue weighted by atomic mass is 32.2. The largest absolute Gasteiger partial charge is 0.345 e. The number of aromatic nitrogens is 2. The lowest BCUT2D eigenvalue weighted by Gasteiger charge is -2.15. The first-order valence-electron chi connectivity index (χ1n) is 8.75. The van der Waals surface area contributed by atoms with Gasteiger partial charge in [0.15, 0.2) is 14.1 Å². The van der Waals surface area contributed by atoms with E-state index in [9.17, 15) is 14.0 Å². The Hall–Kier alpha value is -2.36. The molecule has 0 radical (unpaired) electrons. The molecule has 1 N–H and O–H groups in total. The highest BCUT2D eigenvalue weighted by molar-refractivity contribution is 8.01. The number of nitrogens with zero attached hydrogens (tertiary/aromatic N) is 2. The lowest BCUT2D eigenvalue weighted by atomic mass is 10.0. The van der Waals surface area contributed by atoms with Crippen molar-refractivity contribution in [3.8, 4) is 5.69 Å². The van der Waals surface area contributed by atoms with Crippen molar-refractivity contribution in [2.75, 3.05) is 5.75 Å². The standard InChI is InChI=1S/C20H18FN3O2S3/c1-13(25)17(11-14-5-3-2-4-6-14)22-18(26)12-28-19-23-24(20(27)29-19)16-9-7-15(21)8-10-16/h2-10,17H,11-12H2,1H3,(H,22,26). The van der Waals surface area contributed by atoms with E-state index in [0.29, 0.717) is 20.4 Å². The van der Waals surface area contributed by atoms with Crippen LogP contribution in [-0.4, -0.2) is 33.3 Å². The maximum Gasteiger partial charge on any atom is 0.231 e. The number of rotatable bonds is 8. The highest BCUT2D eigenvalue weighted by Crippen LogP contribution is 2.24. The lowest BCUT2D eigenvalue weighted by molar-refractivity contribution is -0.125. The smallest absolute Gasteiger partial charge is 0.231 e. The molecule has 0 aliphatic carbocycles. The van der Waals surface area contributed by atoms with E-state index in [-0.39, 0.29) is 23.3 Å². The third-order valence-electron chi connectivity index (χ3n) is 4.04. The third-order valence-corrected chi connectivity index (χ3v) is 6.40. The topological polar surface area (TPSA) is 64.0 Å². The Bertz CT molecular complexity index is 1050. The van der Waals surface area contributed by atoms with Crippen LogP contribution in [0.15, 0.2) is 58.9 Å². The van der Waals surface area contributed by atoms with Crippen LogP contribution in [-0.2, 0) is 16.0 Å². The van der Waals surface area contributed by atoms with Gasteiger partial charge in [0.25, 0.3) is 0 Å². The predicted molar refractivity (Wildman–Crippen MR) is 116 cm³/mol. The van der Waals surface area contributed by atoms with E-state index < -0.39 is 6.04 Å². The first kappa shape index (κ1) is 21.4. The van der Waals surface area contributed by atoms with Crippen LogP contribution in [0, 0.1) is 9.77 Å². The number of nitrogens with one attached hydrogen (secondary N) is 1. The van der Waals surface area contributed by atoms with Crippen LogP contribution in [0.3, 0.4) is 0 Å². The molecule has 29 heavy (non-hydrogen) atoms. The molecule has 0 bridgehead atoms. The summed E-state index contributed by atoms with van der Waals surface area (Å²) < 4.78 is 15.8. The molecule has 0 spiro atoms. The van der Waals surface area contributed by atoms with Crippen LogP contribution < -0.4 is 5.32 Å². The van der Waals surface area contributed by atoms with Gasteiger partial charge in [-0.05, 0) is 55.4 Å². The molecule has 5 nitrogen and oxygen atoms in total. The highest BCUT2D eigenvalue weighted by Gasteiger charge is 2.18. The molecular weight excluding hydrogens is 429 g/mol. The molecule has 1 atom stereocenters. The molecule has 3 aromatic rings. The molecule has 150 valence electrons. The van der Waals surface area contributed by atoms with Gasteiger partial charge in [0.1, 0.15) is 5.82 Å². The minimum atomic E-state index is -0.569. The summed E-state index contributed by atoms with van der Waals surface area (Å²) in [5.74, 6) is -0.564. The Morgan fingerprint density at radius 1 is 1.21 bits per heavy atom. The van der Waals surface area contributed by atoms with Crippen molar-refractivity contribution in [2.45, 2.75) is 23.7 Å². The van der Waals surface area contributed by atoms with E-state index in [1.807, 2.05) is 30.3 Å². The van der Waals surface area contributed by atoms with Crippen LogP contribution in [0.5, 0.6) is 0 Å². The van der Waals surface area contributed by atoms with Crippen LogP contribution >= 0.6 is 35.3 Å². The van der Waals surface area contributed by atoms with E-state index in [4.69, 9.17) is 12.2 Å². The number of hydrogen-bond donors (Lipinski definition) is 1. The normalized spacial score (nSPS) is 11.8. The van der Waals surface area contributed by atoms with Gasteiger partial charge in [0.2, 0.25) is 5.91 Å². The first-order valence-corrected chi connectivity index (χ1v) is 11.0. The van der Waals surface area contributed by atoms with Crippen molar-refractivity contribution in [3.63, 3.8) is 0 Å². The second kappa shape index (κ2) is 9.91. The van der Waals surface area contributed by atoms with Gasteiger partial charge in [-0.15, -0.1) is 5.10 Å². The Morgan fingerprint density at radius 3 is 2.55 bits per heavy atom. The maximum atomic E-state index is 13.1. The summed E-state index contributed by atoms with van der Waals surface area (Å²) in [5, 5.41) is 7.18. The molecule has 3 rings (SSSR count). The Balaban J connectivity index is 1.60. The molecule has 1 heterocycles. The average Bonchev–Trinajstić information content (AvgIpc) is 3.08. The molecule has 0 saturated heterocycles. The number of amides is 1. The van der Waals surface area contributed by atoms with E-state index in [1.54, 1.807) is 12.1 Å². The van der Waals surface area contributed by atoms with E-state index in [1.165, 1.54) is 46.8 Å². The van der Waals surface area contributed by atoms with Crippen molar-refractivity contribution in [1.29, 1.82) is 0 Å². The second-order valence-corrected chi connectivity index (χ2v) is 9.08. The van der Waals surface area contributed by atoms with Gasteiger partial charge in [-0.3, -0.25) is 9.59 Å². The molecular formula is C20H18FN3O2S3. The molecule has 1 aromatic heterocycles. The molecule has 9 heteroatoms. The summed E-state index contributed by atoms with van der Waals surface area (Å²) in [6, 6.07) is 14.8. The summed E-state index contributed by atoms with van der Waals surface area (Å²) in [6.07, 6.45) is 0.449. The first-order chi connectivity index (χ1) is 13.9. The van der Waals surface area contributed by atoms with Crippen molar-refractivity contribution >= 4 is 47.0 Å². The number of halogens is 1. The van der Waals surface area contributed by atoms with Crippen LogP contribution in [0.4, 0.5) is 4.39 Å². The molecule has 0 aliphatic heterocycles. The van der Waals surface area contributed by atoms with E-state index >= 15 is 0 Å². The molecule has 1 unspecified atom stereocenters. The van der Waals surface area contributed by atoms with Gasteiger partial charge >= 0.3 is 0 Å². The zero-order chi connectivity index (χ0) is 20.8. The number of thioether (sulfide) groups is 1. The number of Topliss-reactive ketones (excluding diaryl/α,β-unsaturated/α-hetero) is 1. The third kappa shape index (κ3) is 6.06. The molecule has 0 fully saturated rings. The number of carbonyl (C=O) groups excluding carboxylic acids is 2. The SMILES string of the molecule is CC(=O)C(Cc1ccccc1)NC(=O)CSc1nn(-c2ccc(F)cc2)c(=S)s1. The lowest BCUT2D eigenvalue weighted by Crippen LogP contribution is -2.42. The fourth-order valence-electron chi connectivity index (χ4n) is 2.57. The van der Waals surface area contributed by atoms with Crippen molar-refractivity contribution in [1.82, 2.24) is 15.1 Å². The van der Waals surface area contributed by atoms with E-state index in [0.717, 1.165) is 5.56 Å². The number of benzene rings is 2. The Labute approximate surface area is 181 Å². The van der Waals surface area contributed by atoms with Crippen molar-refractivity contribution < 1.29 is 14.0 Å². The van der Waals surface area contributed by atoms with Crippen molar-refractivity contribution in [3.05, 3.63) is 69.9 Å². The van der Waals surface area contributed by atoms with Gasteiger partial charge in [-0.1, -0.05) is 53.4 Å². The minimum absolute atomic E-state index is 0.0940. The van der Waals surface area contributed by atoms with Crippen LogP contribution in [0.1, 0.15) is 12.5 Å². The average molecular weight is 448 g/mol. The molecule has 1 amide bonds. The van der Waals surface area contributed by atoms with Crippen LogP contribution in [0.25, 0.3) is 5.69 Å². The second-order valence-electron chi connectivity index (χ2n) is 6.23. The van der Waals surface area contributed by atoms with Gasteiger partial charge in [0, 0.05) is 0 Å². The monoisotopic (exact) mass is 447 g/mol. The van der Waals surface area contributed by atoms with Gasteiger partial charge in [0.05, 0.1) is 17.5 Å². The van der Waals surface area contributed by atoms with Gasteiger partial charge in [-0.25, -0.2) is 9.07 Å². The fourth-order valence-corrected chi connectivity index (χ4v) is 4.75. The maximum absolute atomic E-state index is 13.1. The quantitative estimate of drug-likeness (QED) is 0.414. The van der Waals surface area contributed by atoms with Crippen molar-refractivity contribution in [2.24, 2.45) is 0 Å². The van der Waals surface area contributed by atoms with Gasteiger partial charge < -0.3 is 5.32 Å². The summed E-state index contributed by atoms with van der Waals surface area (Å²) >= 11 is 7.83. The Morgan fingerprint density at radius 2 is 1.90 bits per heavy atom. The van der Waals surface area contributed by atoms with E-state index in [2.05, 4.69) is 10.4 Å². The zero-order valence-corrected chi connectivity index (χ0v) is 18.0. The number of hydrogen-bond acceptors (Lipinski definition) is 6. The summed E-state index contributed by atoms with van der Waals surface area (Å²) in [5.41, 5.74) is 1.64. The summed E-state index contributed by atoms with van der Waals surface area (Å²) in [7, 11) is 0. The fraction of sp³-hybridized carbons (Fsp3) is 0.200. The zero-order valence-electron chi connectivity index (χ0n) is 15.5. The van der Waals surface area contributed by atoms with Crippen LogP contribution in [0.2, 0.25) is 0 Å². The molecule has 0 saturated carbocycles. The summed E-state index contributed by atoms with van der Waals surface area (Å²) in [4.78, 5) is 24.3. The minimum Gasteiger partial charge on any atom is -0.345 e. The Kier molecular flexibility index (Phi) is 7.29. The van der Waals surface area contributed by atoms with Gasteiger partial charge in [-0.2, -0.15) is 0 Å². The number of ketones is 1. The molecule has 2 aromatic carbocycles. The number of carbonyl (C=O) groups is 2. The molecule has 0 aliphatic rings.